The number of nitrogens with zero attached hydrogens (tertiary/aromatic N) is 4. The zero-order valence-electron chi connectivity index (χ0n) is 13.0. The molecule has 0 fully saturated rings. The summed E-state index contributed by atoms with van der Waals surface area (Å²) in [7, 11) is 3.97. The quantitative estimate of drug-likeness (QED) is 0.636. The fraction of sp³-hybridized carbons (Fsp3) is 0.188. The van der Waals surface area contributed by atoms with Gasteiger partial charge in [-0.15, -0.1) is 0 Å². The van der Waals surface area contributed by atoms with E-state index < -0.39 is 0 Å². The summed E-state index contributed by atoms with van der Waals surface area (Å²) in [6, 6.07) is 5.70. The maximum absolute atomic E-state index is 5.61. The zero-order chi connectivity index (χ0) is 16.2. The first-order chi connectivity index (χ1) is 11.1. The molecule has 1 aromatic carbocycles. The van der Waals surface area contributed by atoms with E-state index in [9.17, 15) is 0 Å². The molecule has 4 N–H and O–H groups in total. The number of nitrogen functional groups attached to an aromatic ring is 1. The van der Waals surface area contributed by atoms with Crippen LogP contribution in [0.3, 0.4) is 0 Å². The van der Waals surface area contributed by atoms with Crippen molar-refractivity contribution in [1.82, 2.24) is 25.1 Å². The third kappa shape index (κ3) is 3.56. The van der Waals surface area contributed by atoms with E-state index in [-0.39, 0.29) is 5.95 Å². The number of aromatic nitrogens is 4. The van der Waals surface area contributed by atoms with Gasteiger partial charge in [-0.25, -0.2) is 4.98 Å². The minimum absolute atomic E-state index is 0.227. The summed E-state index contributed by atoms with van der Waals surface area (Å²) < 4.78 is 0. The van der Waals surface area contributed by atoms with Gasteiger partial charge in [0.15, 0.2) is 0 Å². The topological polar surface area (TPSA) is 95.8 Å². The van der Waals surface area contributed by atoms with Gasteiger partial charge in [-0.1, -0.05) is 11.8 Å². The molecule has 7 nitrogen and oxygen atoms in total. The van der Waals surface area contributed by atoms with Crippen molar-refractivity contribution in [3.8, 4) is 11.8 Å². The maximum atomic E-state index is 5.61. The van der Waals surface area contributed by atoms with Crippen molar-refractivity contribution < 1.29 is 0 Å². The first-order valence-corrected chi connectivity index (χ1v) is 7.08. The number of rotatable bonds is 3. The Bertz CT molecular complexity index is 886. The van der Waals surface area contributed by atoms with E-state index in [0.717, 1.165) is 22.2 Å². The van der Waals surface area contributed by atoms with Crippen molar-refractivity contribution in [3.05, 3.63) is 36.2 Å². The van der Waals surface area contributed by atoms with Crippen LogP contribution >= 0.6 is 0 Å². The van der Waals surface area contributed by atoms with Crippen molar-refractivity contribution in [1.29, 1.82) is 0 Å². The average Bonchev–Trinajstić information content (AvgIpc) is 2.95. The Morgan fingerprint density at radius 2 is 2.22 bits per heavy atom. The standard InChI is InChI=1S/C16H17N7/c1-23(2)7-3-4-11-8-13(9-12-10-19-22-15(11)12)20-14-5-6-18-16(17)21-14/h5-6,8-10H,7H2,1-2H3,(H,19,22)(H3,17,18,20,21). The van der Waals surface area contributed by atoms with Crippen LogP contribution in [0.25, 0.3) is 10.9 Å². The Balaban J connectivity index is 1.96. The molecule has 7 heteroatoms. The predicted octanol–water partition coefficient (Wildman–Crippen LogP) is 1.59. The minimum Gasteiger partial charge on any atom is -0.368 e. The summed E-state index contributed by atoms with van der Waals surface area (Å²) in [6.45, 7) is 0.690. The molecule has 0 saturated carbocycles. The highest BCUT2D eigenvalue weighted by atomic mass is 15.1. The van der Waals surface area contributed by atoms with E-state index in [1.54, 1.807) is 18.5 Å². The fourth-order valence-electron chi connectivity index (χ4n) is 2.11. The van der Waals surface area contributed by atoms with Crippen LogP contribution in [-0.4, -0.2) is 45.7 Å². The van der Waals surface area contributed by atoms with E-state index in [1.165, 1.54) is 0 Å². The van der Waals surface area contributed by atoms with Crippen LogP contribution in [0.5, 0.6) is 0 Å². The third-order valence-electron chi connectivity index (χ3n) is 3.11. The smallest absolute Gasteiger partial charge is 0.221 e. The van der Waals surface area contributed by atoms with Gasteiger partial charge in [0.05, 0.1) is 23.8 Å². The second kappa shape index (κ2) is 6.34. The number of hydrogen-bond donors (Lipinski definition) is 3. The van der Waals surface area contributed by atoms with E-state index in [0.29, 0.717) is 12.4 Å². The highest BCUT2D eigenvalue weighted by molar-refractivity contribution is 5.88. The zero-order valence-corrected chi connectivity index (χ0v) is 13.0. The Labute approximate surface area is 133 Å². The highest BCUT2D eigenvalue weighted by Crippen LogP contribution is 2.23. The molecule has 0 saturated heterocycles. The lowest BCUT2D eigenvalue weighted by atomic mass is 10.1. The van der Waals surface area contributed by atoms with Gasteiger partial charge in [0.25, 0.3) is 0 Å². The second-order valence-corrected chi connectivity index (χ2v) is 5.32. The van der Waals surface area contributed by atoms with Crippen molar-refractivity contribution in [3.63, 3.8) is 0 Å². The Morgan fingerprint density at radius 1 is 1.35 bits per heavy atom. The second-order valence-electron chi connectivity index (χ2n) is 5.32. The first kappa shape index (κ1) is 14.8. The van der Waals surface area contributed by atoms with Crippen LogP contribution in [0, 0.1) is 11.8 Å². The number of aromatic amines is 1. The SMILES string of the molecule is CN(C)CC#Cc1cc(Nc2ccnc(N)n2)cc2cn[nH]c12. The normalized spacial score (nSPS) is 10.6. The van der Waals surface area contributed by atoms with Gasteiger partial charge >= 0.3 is 0 Å². The lowest BCUT2D eigenvalue weighted by molar-refractivity contribution is 0.464. The molecule has 0 atom stereocenters. The number of hydrogen-bond acceptors (Lipinski definition) is 6. The maximum Gasteiger partial charge on any atom is 0.221 e. The Kier molecular flexibility index (Phi) is 4.08. The van der Waals surface area contributed by atoms with Crippen LogP contribution < -0.4 is 11.1 Å². The molecule has 0 amide bonds. The van der Waals surface area contributed by atoms with E-state index in [1.807, 2.05) is 31.1 Å². The van der Waals surface area contributed by atoms with E-state index >= 15 is 0 Å². The van der Waals surface area contributed by atoms with Crippen LogP contribution in [0.4, 0.5) is 17.5 Å². The molecule has 2 heterocycles. The minimum atomic E-state index is 0.227. The molecular weight excluding hydrogens is 290 g/mol. The van der Waals surface area contributed by atoms with Gasteiger partial charge in [0, 0.05) is 17.3 Å². The highest BCUT2D eigenvalue weighted by Gasteiger charge is 2.06. The molecule has 0 unspecified atom stereocenters. The lowest BCUT2D eigenvalue weighted by Crippen LogP contribution is -2.10. The van der Waals surface area contributed by atoms with Gasteiger partial charge in [0.2, 0.25) is 5.95 Å². The summed E-state index contributed by atoms with van der Waals surface area (Å²) in [5.74, 6) is 7.18. The molecular formula is C16H17N7. The molecule has 116 valence electrons. The van der Waals surface area contributed by atoms with Gasteiger partial charge < -0.3 is 11.1 Å². The molecule has 0 spiro atoms. The average molecular weight is 307 g/mol. The number of nitrogens with two attached hydrogens (primary N) is 1. The molecule has 0 radical (unpaired) electrons. The van der Waals surface area contributed by atoms with Crippen LogP contribution in [0.1, 0.15) is 5.56 Å². The summed E-state index contributed by atoms with van der Waals surface area (Å²) in [4.78, 5) is 10.0. The first-order valence-electron chi connectivity index (χ1n) is 7.08. The number of fused-ring (bicyclic) bond motifs is 1. The van der Waals surface area contributed by atoms with Gasteiger partial charge in [-0.3, -0.25) is 10.00 Å². The monoisotopic (exact) mass is 307 g/mol. The molecule has 0 aliphatic carbocycles. The molecule has 23 heavy (non-hydrogen) atoms. The number of H-pyrrole nitrogens is 1. The number of anilines is 3. The van der Waals surface area contributed by atoms with Crippen molar-refractivity contribution >= 4 is 28.4 Å². The van der Waals surface area contributed by atoms with E-state index in [4.69, 9.17) is 5.73 Å². The van der Waals surface area contributed by atoms with E-state index in [2.05, 4.69) is 37.3 Å². The van der Waals surface area contributed by atoms with Crippen LogP contribution in [-0.2, 0) is 0 Å². The summed E-state index contributed by atoms with van der Waals surface area (Å²) in [5.41, 5.74) is 8.27. The van der Waals surface area contributed by atoms with Crippen LogP contribution in [0.15, 0.2) is 30.6 Å². The van der Waals surface area contributed by atoms with Gasteiger partial charge in [-0.05, 0) is 32.3 Å². The molecule has 3 aromatic rings. The molecule has 0 aliphatic heterocycles. The number of nitrogens with one attached hydrogen (secondary N) is 2. The number of benzene rings is 1. The molecule has 0 aliphatic rings. The van der Waals surface area contributed by atoms with Crippen LogP contribution in [0.2, 0.25) is 0 Å². The van der Waals surface area contributed by atoms with Crippen molar-refractivity contribution in [2.75, 3.05) is 31.7 Å². The summed E-state index contributed by atoms with van der Waals surface area (Å²) in [5, 5.41) is 11.3. The molecule has 3 rings (SSSR count). The third-order valence-corrected chi connectivity index (χ3v) is 3.11. The lowest BCUT2D eigenvalue weighted by Gasteiger charge is -2.07. The summed E-state index contributed by atoms with van der Waals surface area (Å²) >= 11 is 0. The predicted molar refractivity (Wildman–Crippen MR) is 91.3 cm³/mol. The molecule has 0 bridgehead atoms. The Morgan fingerprint density at radius 3 is 3.00 bits per heavy atom. The van der Waals surface area contributed by atoms with Gasteiger partial charge in [0.1, 0.15) is 5.82 Å². The Hall–Kier alpha value is -3.11. The van der Waals surface area contributed by atoms with Crippen molar-refractivity contribution in [2.24, 2.45) is 0 Å². The fourth-order valence-corrected chi connectivity index (χ4v) is 2.11. The van der Waals surface area contributed by atoms with Crippen molar-refractivity contribution in [2.45, 2.75) is 0 Å². The largest absolute Gasteiger partial charge is 0.368 e. The summed E-state index contributed by atoms with van der Waals surface area (Å²) in [6.07, 6.45) is 3.38. The molecule has 2 aromatic heterocycles. The van der Waals surface area contributed by atoms with Gasteiger partial charge in [-0.2, -0.15) is 10.1 Å².